The Morgan fingerprint density at radius 1 is 1.39 bits per heavy atom. The van der Waals surface area contributed by atoms with Crippen LogP contribution in [0.5, 0.6) is 0 Å². The van der Waals surface area contributed by atoms with Crippen LogP contribution >= 0.6 is 0 Å². The molecule has 0 saturated carbocycles. The number of nitrogens with zero attached hydrogens (tertiary/aromatic N) is 2. The van der Waals surface area contributed by atoms with Gasteiger partial charge in [0.25, 0.3) is 5.91 Å². The number of hydrogen-bond acceptors (Lipinski definition) is 4. The van der Waals surface area contributed by atoms with E-state index < -0.39 is 0 Å². The van der Waals surface area contributed by atoms with Crippen LogP contribution in [0.1, 0.15) is 21.6 Å². The molecule has 2 N–H and O–H groups in total. The summed E-state index contributed by atoms with van der Waals surface area (Å²) in [4.78, 5) is 13.9. The third kappa shape index (κ3) is 1.73. The molecule has 0 radical (unpaired) electrons. The standard InChI is InChI=1S/C13H13N3O2/c14-11-3-1-2-9-8-16(6-4-10(9)11)13(17)12-5-7-18-15-12/h1-3,5,7H,4,6,8,14H2. The van der Waals surface area contributed by atoms with Gasteiger partial charge in [-0.3, -0.25) is 4.79 Å². The van der Waals surface area contributed by atoms with E-state index in [1.165, 1.54) is 6.26 Å². The number of nitrogens with two attached hydrogens (primary N) is 1. The lowest BCUT2D eigenvalue weighted by Crippen LogP contribution is -2.36. The number of anilines is 1. The van der Waals surface area contributed by atoms with Gasteiger partial charge in [-0.2, -0.15) is 0 Å². The Morgan fingerprint density at radius 2 is 2.28 bits per heavy atom. The van der Waals surface area contributed by atoms with Gasteiger partial charge < -0.3 is 15.2 Å². The van der Waals surface area contributed by atoms with Gasteiger partial charge in [0.05, 0.1) is 0 Å². The number of aromatic nitrogens is 1. The molecule has 18 heavy (non-hydrogen) atoms. The van der Waals surface area contributed by atoms with Gasteiger partial charge in [0.15, 0.2) is 5.69 Å². The van der Waals surface area contributed by atoms with E-state index in [9.17, 15) is 4.79 Å². The number of carbonyl (C=O) groups excluding carboxylic acids is 1. The summed E-state index contributed by atoms with van der Waals surface area (Å²) in [6.45, 7) is 1.24. The van der Waals surface area contributed by atoms with Gasteiger partial charge in [-0.15, -0.1) is 0 Å². The fourth-order valence-electron chi connectivity index (χ4n) is 2.30. The second-order valence-electron chi connectivity index (χ2n) is 4.35. The van der Waals surface area contributed by atoms with Crippen LogP contribution in [0.4, 0.5) is 5.69 Å². The molecular weight excluding hydrogens is 230 g/mol. The molecule has 2 aromatic rings. The lowest BCUT2D eigenvalue weighted by Gasteiger charge is -2.28. The summed E-state index contributed by atoms with van der Waals surface area (Å²) in [5.41, 5.74) is 9.35. The lowest BCUT2D eigenvalue weighted by atomic mass is 9.98. The van der Waals surface area contributed by atoms with E-state index in [4.69, 9.17) is 10.3 Å². The van der Waals surface area contributed by atoms with Gasteiger partial charge in [-0.05, 0) is 23.6 Å². The second-order valence-corrected chi connectivity index (χ2v) is 4.35. The molecule has 3 rings (SSSR count). The Labute approximate surface area is 104 Å². The molecule has 1 aromatic carbocycles. The van der Waals surface area contributed by atoms with Crippen LogP contribution in [0.15, 0.2) is 35.1 Å². The first-order valence-electron chi connectivity index (χ1n) is 5.81. The number of hydrogen-bond donors (Lipinski definition) is 1. The first kappa shape index (κ1) is 10.8. The van der Waals surface area contributed by atoms with Crippen molar-refractivity contribution in [1.29, 1.82) is 0 Å². The van der Waals surface area contributed by atoms with Crippen LogP contribution in [-0.2, 0) is 13.0 Å². The molecule has 1 aliphatic rings. The fraction of sp³-hybridized carbons (Fsp3) is 0.231. The third-order valence-corrected chi connectivity index (χ3v) is 3.25. The van der Waals surface area contributed by atoms with E-state index in [0.717, 1.165) is 23.2 Å². The van der Waals surface area contributed by atoms with Crippen LogP contribution < -0.4 is 5.73 Å². The van der Waals surface area contributed by atoms with Gasteiger partial charge in [-0.25, -0.2) is 0 Å². The zero-order chi connectivity index (χ0) is 12.5. The Hall–Kier alpha value is -2.30. The molecule has 1 amide bonds. The van der Waals surface area contributed by atoms with E-state index in [1.807, 2.05) is 18.2 Å². The van der Waals surface area contributed by atoms with Crippen LogP contribution in [-0.4, -0.2) is 22.5 Å². The summed E-state index contributed by atoms with van der Waals surface area (Å²) in [6, 6.07) is 7.40. The maximum absolute atomic E-state index is 12.1. The summed E-state index contributed by atoms with van der Waals surface area (Å²) < 4.78 is 4.70. The van der Waals surface area contributed by atoms with Crippen molar-refractivity contribution < 1.29 is 9.32 Å². The Kier molecular flexibility index (Phi) is 2.51. The molecule has 0 spiro atoms. The monoisotopic (exact) mass is 243 g/mol. The number of rotatable bonds is 1. The van der Waals surface area contributed by atoms with Crippen molar-refractivity contribution in [1.82, 2.24) is 10.1 Å². The molecule has 5 nitrogen and oxygen atoms in total. The fourth-order valence-corrected chi connectivity index (χ4v) is 2.30. The minimum Gasteiger partial charge on any atom is -0.398 e. The van der Waals surface area contributed by atoms with Gasteiger partial charge in [0.2, 0.25) is 0 Å². The van der Waals surface area contributed by atoms with Crippen molar-refractivity contribution in [3.8, 4) is 0 Å². The van der Waals surface area contributed by atoms with Crippen molar-refractivity contribution in [3.63, 3.8) is 0 Å². The van der Waals surface area contributed by atoms with Crippen molar-refractivity contribution >= 4 is 11.6 Å². The van der Waals surface area contributed by atoms with E-state index >= 15 is 0 Å². The van der Waals surface area contributed by atoms with E-state index in [1.54, 1.807) is 11.0 Å². The van der Waals surface area contributed by atoms with E-state index in [0.29, 0.717) is 18.8 Å². The maximum atomic E-state index is 12.1. The topological polar surface area (TPSA) is 72.4 Å². The van der Waals surface area contributed by atoms with Crippen LogP contribution in [0, 0.1) is 0 Å². The van der Waals surface area contributed by atoms with Crippen molar-refractivity contribution in [2.45, 2.75) is 13.0 Å². The first-order valence-corrected chi connectivity index (χ1v) is 5.81. The lowest BCUT2D eigenvalue weighted by molar-refractivity contribution is 0.0724. The van der Waals surface area contributed by atoms with Crippen LogP contribution in [0.3, 0.4) is 0 Å². The zero-order valence-corrected chi connectivity index (χ0v) is 9.80. The molecule has 1 aromatic heterocycles. The average molecular weight is 243 g/mol. The molecule has 2 heterocycles. The highest BCUT2D eigenvalue weighted by atomic mass is 16.5. The van der Waals surface area contributed by atoms with Gasteiger partial charge in [-0.1, -0.05) is 17.3 Å². The quantitative estimate of drug-likeness (QED) is 0.769. The normalized spacial score (nSPS) is 14.3. The summed E-state index contributed by atoms with van der Waals surface area (Å²) in [5.74, 6) is -0.100. The van der Waals surface area contributed by atoms with E-state index in [2.05, 4.69) is 5.16 Å². The molecule has 0 bridgehead atoms. The maximum Gasteiger partial charge on any atom is 0.276 e. The molecule has 92 valence electrons. The smallest absolute Gasteiger partial charge is 0.276 e. The summed E-state index contributed by atoms with van der Waals surface area (Å²) in [7, 11) is 0. The minimum atomic E-state index is -0.100. The summed E-state index contributed by atoms with van der Waals surface area (Å²) in [6.07, 6.45) is 2.19. The number of fused-ring (bicyclic) bond motifs is 1. The highest BCUT2D eigenvalue weighted by molar-refractivity contribution is 5.92. The van der Waals surface area contributed by atoms with Crippen molar-refractivity contribution in [3.05, 3.63) is 47.3 Å². The molecule has 0 atom stereocenters. The number of carbonyl (C=O) groups is 1. The molecule has 0 unspecified atom stereocenters. The Morgan fingerprint density at radius 3 is 3.06 bits per heavy atom. The average Bonchev–Trinajstić information content (AvgIpc) is 2.91. The van der Waals surface area contributed by atoms with Gasteiger partial charge >= 0.3 is 0 Å². The highest BCUT2D eigenvalue weighted by Crippen LogP contribution is 2.24. The number of benzene rings is 1. The predicted octanol–water partition coefficient (Wildman–Crippen LogP) is 1.46. The molecule has 5 heteroatoms. The van der Waals surface area contributed by atoms with Gasteiger partial charge in [0, 0.05) is 24.8 Å². The Bertz CT molecular complexity index is 578. The van der Waals surface area contributed by atoms with Gasteiger partial charge in [0.1, 0.15) is 6.26 Å². The molecular formula is C13H13N3O2. The molecule has 0 saturated heterocycles. The highest BCUT2D eigenvalue weighted by Gasteiger charge is 2.24. The zero-order valence-electron chi connectivity index (χ0n) is 9.80. The summed E-state index contributed by atoms with van der Waals surface area (Å²) in [5, 5.41) is 3.67. The molecule has 0 fully saturated rings. The Balaban J connectivity index is 1.85. The van der Waals surface area contributed by atoms with Crippen molar-refractivity contribution in [2.24, 2.45) is 0 Å². The first-order chi connectivity index (χ1) is 8.75. The van der Waals surface area contributed by atoms with Crippen molar-refractivity contribution in [2.75, 3.05) is 12.3 Å². The second kappa shape index (κ2) is 4.18. The van der Waals surface area contributed by atoms with Crippen LogP contribution in [0.25, 0.3) is 0 Å². The minimum absolute atomic E-state index is 0.100. The van der Waals surface area contributed by atoms with Crippen LogP contribution in [0.2, 0.25) is 0 Å². The number of amides is 1. The molecule has 0 aliphatic carbocycles. The number of nitrogen functional groups attached to an aromatic ring is 1. The SMILES string of the molecule is Nc1cccc2c1CCN(C(=O)c1ccon1)C2. The van der Waals surface area contributed by atoms with E-state index in [-0.39, 0.29) is 5.91 Å². The predicted molar refractivity (Wildman–Crippen MR) is 65.8 cm³/mol. The largest absolute Gasteiger partial charge is 0.398 e. The molecule has 1 aliphatic heterocycles. The summed E-state index contributed by atoms with van der Waals surface area (Å²) >= 11 is 0. The third-order valence-electron chi connectivity index (χ3n) is 3.25.